The van der Waals surface area contributed by atoms with Crippen molar-refractivity contribution in [1.29, 1.82) is 0 Å². The molecule has 1 fully saturated rings. The number of hydrogen-bond acceptors (Lipinski definition) is 4. The molecule has 0 radical (unpaired) electrons. The van der Waals surface area contributed by atoms with Gasteiger partial charge in [0, 0.05) is 20.2 Å². The average molecular weight is 312 g/mol. The molecular formula is C15H24N2O3S. The van der Waals surface area contributed by atoms with E-state index in [4.69, 9.17) is 4.74 Å². The molecule has 0 spiro atoms. The van der Waals surface area contributed by atoms with Crippen LogP contribution in [-0.4, -0.2) is 46.1 Å². The lowest BCUT2D eigenvalue weighted by Crippen LogP contribution is -2.37. The molecule has 1 aromatic carbocycles. The minimum Gasteiger partial charge on any atom is -0.380 e. The number of sulfonamides is 1. The Bertz CT molecular complexity index is 581. The molecule has 118 valence electrons. The molecule has 0 bridgehead atoms. The summed E-state index contributed by atoms with van der Waals surface area (Å²) in [6, 6.07) is 5.62. The molecule has 1 aliphatic rings. The van der Waals surface area contributed by atoms with E-state index in [9.17, 15) is 8.42 Å². The van der Waals surface area contributed by atoms with Gasteiger partial charge in [0.2, 0.25) is 10.0 Å². The van der Waals surface area contributed by atoms with Crippen LogP contribution in [-0.2, 0) is 27.7 Å². The van der Waals surface area contributed by atoms with E-state index in [-0.39, 0.29) is 6.04 Å². The van der Waals surface area contributed by atoms with Crippen LogP contribution in [0.5, 0.6) is 0 Å². The van der Waals surface area contributed by atoms with E-state index >= 15 is 0 Å². The lowest BCUT2D eigenvalue weighted by molar-refractivity contribution is 0.181. The van der Waals surface area contributed by atoms with E-state index in [1.165, 1.54) is 4.31 Å². The van der Waals surface area contributed by atoms with Crippen LogP contribution < -0.4 is 5.32 Å². The number of hydrogen-bond donors (Lipinski definition) is 1. The summed E-state index contributed by atoms with van der Waals surface area (Å²) in [6.07, 6.45) is 1.46. The number of likely N-dealkylation sites (N-methyl/N-ethyl adjacent to an activating group) is 1. The van der Waals surface area contributed by atoms with Crippen LogP contribution >= 0.6 is 0 Å². The zero-order valence-corrected chi connectivity index (χ0v) is 13.7. The number of nitrogens with one attached hydrogen (secondary N) is 1. The Morgan fingerprint density at radius 2 is 2.19 bits per heavy atom. The van der Waals surface area contributed by atoms with Gasteiger partial charge in [-0.1, -0.05) is 19.1 Å². The maximum absolute atomic E-state index is 12.9. The Morgan fingerprint density at radius 1 is 1.43 bits per heavy atom. The molecule has 6 heteroatoms. The van der Waals surface area contributed by atoms with Crippen LogP contribution in [0.2, 0.25) is 0 Å². The van der Waals surface area contributed by atoms with E-state index in [0.29, 0.717) is 31.1 Å². The maximum Gasteiger partial charge on any atom is 0.243 e. The Balaban J connectivity index is 2.39. The minimum atomic E-state index is -3.48. The van der Waals surface area contributed by atoms with Crippen molar-refractivity contribution in [2.24, 2.45) is 0 Å². The van der Waals surface area contributed by atoms with Crippen LogP contribution in [0.15, 0.2) is 23.1 Å². The van der Waals surface area contributed by atoms with E-state index in [1.54, 1.807) is 13.1 Å². The fourth-order valence-electron chi connectivity index (χ4n) is 2.61. The molecule has 0 aliphatic carbocycles. The van der Waals surface area contributed by atoms with Crippen molar-refractivity contribution in [3.05, 3.63) is 29.3 Å². The molecule has 0 aromatic heterocycles. The zero-order valence-electron chi connectivity index (χ0n) is 12.9. The molecule has 1 unspecified atom stereocenters. The van der Waals surface area contributed by atoms with Gasteiger partial charge in [0.1, 0.15) is 0 Å². The number of benzene rings is 1. The number of aryl methyl sites for hydroxylation is 1. The van der Waals surface area contributed by atoms with Gasteiger partial charge < -0.3 is 10.1 Å². The molecule has 5 nitrogen and oxygen atoms in total. The molecule has 1 atom stereocenters. The SMILES string of the molecule is CCc1ccc(CNC)cc1S(=O)(=O)N(C)C1CCOC1. The lowest BCUT2D eigenvalue weighted by Gasteiger charge is -2.24. The highest BCUT2D eigenvalue weighted by Gasteiger charge is 2.31. The van der Waals surface area contributed by atoms with Gasteiger partial charge in [0.15, 0.2) is 0 Å². The Kier molecular flexibility index (Phi) is 5.37. The van der Waals surface area contributed by atoms with Crippen LogP contribution in [0.1, 0.15) is 24.5 Å². The highest BCUT2D eigenvalue weighted by molar-refractivity contribution is 7.89. The summed E-state index contributed by atoms with van der Waals surface area (Å²) in [5, 5.41) is 3.06. The fourth-order valence-corrected chi connectivity index (χ4v) is 4.32. The second-order valence-corrected chi connectivity index (χ2v) is 7.33. The topological polar surface area (TPSA) is 58.6 Å². The first-order valence-corrected chi connectivity index (χ1v) is 8.77. The van der Waals surface area contributed by atoms with Crippen molar-refractivity contribution in [3.8, 4) is 0 Å². The van der Waals surface area contributed by atoms with Crippen molar-refractivity contribution >= 4 is 10.0 Å². The second kappa shape index (κ2) is 6.87. The maximum atomic E-state index is 12.9. The lowest BCUT2D eigenvalue weighted by atomic mass is 10.1. The van der Waals surface area contributed by atoms with Gasteiger partial charge in [-0.05, 0) is 37.1 Å². The third-order valence-corrected chi connectivity index (χ3v) is 5.96. The normalized spacial score (nSPS) is 19.3. The molecule has 1 heterocycles. The van der Waals surface area contributed by atoms with Crippen LogP contribution in [0.4, 0.5) is 0 Å². The van der Waals surface area contributed by atoms with E-state index in [0.717, 1.165) is 17.5 Å². The van der Waals surface area contributed by atoms with Crippen molar-refractivity contribution in [2.45, 2.75) is 37.2 Å². The first-order valence-electron chi connectivity index (χ1n) is 7.33. The first kappa shape index (κ1) is 16.4. The highest BCUT2D eigenvalue weighted by atomic mass is 32.2. The second-order valence-electron chi connectivity index (χ2n) is 5.36. The highest BCUT2D eigenvalue weighted by Crippen LogP contribution is 2.25. The predicted molar refractivity (Wildman–Crippen MR) is 82.8 cm³/mol. The fraction of sp³-hybridized carbons (Fsp3) is 0.600. The summed E-state index contributed by atoms with van der Waals surface area (Å²) >= 11 is 0. The molecule has 1 aromatic rings. The molecular weight excluding hydrogens is 288 g/mol. The van der Waals surface area contributed by atoms with Crippen LogP contribution in [0.3, 0.4) is 0 Å². The quantitative estimate of drug-likeness (QED) is 0.862. The Hall–Kier alpha value is -0.950. The Labute approximate surface area is 127 Å². The first-order chi connectivity index (χ1) is 10.0. The number of nitrogens with zero attached hydrogens (tertiary/aromatic N) is 1. The van der Waals surface area contributed by atoms with Gasteiger partial charge in [-0.3, -0.25) is 0 Å². The molecule has 1 saturated heterocycles. The van der Waals surface area contributed by atoms with Crippen molar-refractivity contribution in [3.63, 3.8) is 0 Å². The monoisotopic (exact) mass is 312 g/mol. The standard InChI is InChI=1S/C15H24N2O3S/c1-4-13-6-5-12(10-16-2)9-15(13)21(18,19)17(3)14-7-8-20-11-14/h5-6,9,14,16H,4,7-8,10-11H2,1-3H3. The largest absolute Gasteiger partial charge is 0.380 e. The van der Waals surface area contributed by atoms with Crippen molar-refractivity contribution < 1.29 is 13.2 Å². The van der Waals surface area contributed by atoms with Gasteiger partial charge in [-0.15, -0.1) is 0 Å². The van der Waals surface area contributed by atoms with Gasteiger partial charge in [-0.2, -0.15) is 4.31 Å². The summed E-state index contributed by atoms with van der Waals surface area (Å²) in [6.45, 7) is 3.74. The predicted octanol–water partition coefficient (Wildman–Crippen LogP) is 1.38. The van der Waals surface area contributed by atoms with Crippen molar-refractivity contribution in [1.82, 2.24) is 9.62 Å². The minimum absolute atomic E-state index is 0.0623. The molecule has 1 N–H and O–H groups in total. The number of ether oxygens (including phenoxy) is 1. The van der Waals surface area contributed by atoms with E-state index in [2.05, 4.69) is 5.32 Å². The molecule has 0 amide bonds. The van der Waals surface area contributed by atoms with Gasteiger partial charge in [-0.25, -0.2) is 8.42 Å². The third-order valence-electron chi connectivity index (χ3n) is 3.97. The summed E-state index contributed by atoms with van der Waals surface area (Å²) < 4.78 is 32.6. The third kappa shape index (κ3) is 3.45. The molecule has 0 saturated carbocycles. The van der Waals surface area contributed by atoms with Gasteiger partial charge in [0.05, 0.1) is 17.5 Å². The average Bonchev–Trinajstić information content (AvgIpc) is 3.00. The van der Waals surface area contributed by atoms with E-state index < -0.39 is 10.0 Å². The van der Waals surface area contributed by atoms with E-state index in [1.807, 2.05) is 26.1 Å². The molecule has 2 rings (SSSR count). The molecule has 21 heavy (non-hydrogen) atoms. The summed E-state index contributed by atoms with van der Waals surface area (Å²) in [5.41, 5.74) is 1.84. The van der Waals surface area contributed by atoms with Crippen molar-refractivity contribution in [2.75, 3.05) is 27.3 Å². The van der Waals surface area contributed by atoms with Gasteiger partial charge >= 0.3 is 0 Å². The van der Waals surface area contributed by atoms with Crippen LogP contribution in [0.25, 0.3) is 0 Å². The zero-order chi connectivity index (χ0) is 15.5. The van der Waals surface area contributed by atoms with Crippen LogP contribution in [0, 0.1) is 0 Å². The molecule has 1 aliphatic heterocycles. The number of rotatable bonds is 6. The Morgan fingerprint density at radius 3 is 2.76 bits per heavy atom. The summed E-state index contributed by atoms with van der Waals surface area (Å²) in [4.78, 5) is 0.423. The van der Waals surface area contributed by atoms with Gasteiger partial charge in [0.25, 0.3) is 0 Å². The smallest absolute Gasteiger partial charge is 0.243 e. The summed E-state index contributed by atoms with van der Waals surface area (Å²) in [5.74, 6) is 0. The summed E-state index contributed by atoms with van der Waals surface area (Å²) in [7, 11) is 0.0223.